The van der Waals surface area contributed by atoms with E-state index in [2.05, 4.69) is 20.5 Å². The number of aryl methyl sites for hydroxylation is 1. The number of guanidine groups is 1. The second kappa shape index (κ2) is 10.8. The molecule has 1 saturated heterocycles. The molecule has 1 atom stereocenters. The molecule has 0 saturated carbocycles. The van der Waals surface area contributed by atoms with E-state index < -0.39 is 10.0 Å². The monoisotopic (exact) mass is 427 g/mol. The first-order chi connectivity index (χ1) is 13.8. The number of aliphatic imine (C=N–C) groups is 1. The normalized spacial score (nSPS) is 18.2. The van der Waals surface area contributed by atoms with Crippen molar-refractivity contribution in [3.05, 3.63) is 29.6 Å². The van der Waals surface area contributed by atoms with Crippen LogP contribution in [0.25, 0.3) is 0 Å². The molecule has 1 heterocycles. The second-order valence-corrected chi connectivity index (χ2v) is 9.37. The average molecular weight is 428 g/mol. The van der Waals surface area contributed by atoms with Crippen LogP contribution in [0.4, 0.5) is 10.1 Å². The van der Waals surface area contributed by atoms with Gasteiger partial charge in [0, 0.05) is 45.8 Å². The van der Waals surface area contributed by atoms with E-state index >= 15 is 0 Å². The van der Waals surface area contributed by atoms with Crippen molar-refractivity contribution in [3.63, 3.8) is 0 Å². The van der Waals surface area contributed by atoms with Gasteiger partial charge in [-0.3, -0.25) is 4.99 Å². The summed E-state index contributed by atoms with van der Waals surface area (Å²) in [6.45, 7) is 8.33. The van der Waals surface area contributed by atoms with Crippen LogP contribution in [-0.4, -0.2) is 70.2 Å². The molecule has 1 aromatic rings. The van der Waals surface area contributed by atoms with E-state index in [1.807, 2.05) is 26.8 Å². The highest BCUT2D eigenvalue weighted by Gasteiger charge is 2.23. The van der Waals surface area contributed by atoms with E-state index in [1.165, 1.54) is 10.4 Å². The van der Waals surface area contributed by atoms with Crippen molar-refractivity contribution >= 4 is 21.7 Å². The Kier molecular flexibility index (Phi) is 8.70. The van der Waals surface area contributed by atoms with Gasteiger partial charge in [0.2, 0.25) is 10.0 Å². The van der Waals surface area contributed by atoms with Gasteiger partial charge in [-0.05, 0) is 37.5 Å². The summed E-state index contributed by atoms with van der Waals surface area (Å²) in [6.07, 6.45) is 1.89. The molecule has 0 radical (unpaired) electrons. The number of nitrogens with zero attached hydrogens (tertiary/aromatic N) is 3. The van der Waals surface area contributed by atoms with Gasteiger partial charge in [-0.1, -0.05) is 19.9 Å². The zero-order valence-electron chi connectivity index (χ0n) is 17.9. The molecule has 29 heavy (non-hydrogen) atoms. The molecule has 2 rings (SSSR count). The van der Waals surface area contributed by atoms with E-state index in [-0.39, 0.29) is 24.2 Å². The Morgan fingerprint density at radius 2 is 2.07 bits per heavy atom. The molecule has 1 aliphatic rings. The Bertz CT molecular complexity index is 796. The molecule has 9 heteroatoms. The lowest BCUT2D eigenvalue weighted by molar-refractivity contribution is 0.444. The predicted molar refractivity (Wildman–Crippen MR) is 118 cm³/mol. The Morgan fingerprint density at radius 1 is 1.34 bits per heavy atom. The molecule has 1 fully saturated rings. The number of hydrogen-bond donors (Lipinski definition) is 2. The van der Waals surface area contributed by atoms with Crippen molar-refractivity contribution < 1.29 is 12.8 Å². The summed E-state index contributed by atoms with van der Waals surface area (Å²) < 4.78 is 40.3. The average Bonchev–Trinajstić information content (AvgIpc) is 2.69. The lowest BCUT2D eigenvalue weighted by atomic mass is 10.0. The molecule has 0 spiro atoms. The first-order valence-electron chi connectivity index (χ1n) is 10.3. The smallest absolute Gasteiger partial charge is 0.215 e. The first kappa shape index (κ1) is 23.4. The van der Waals surface area contributed by atoms with Gasteiger partial charge in [0.25, 0.3) is 0 Å². The zero-order chi connectivity index (χ0) is 21.4. The molecule has 164 valence electrons. The molecular formula is C20H34FN5O2S. The Hall–Kier alpha value is -1.87. The fourth-order valence-corrected chi connectivity index (χ4v) is 5.02. The van der Waals surface area contributed by atoms with Gasteiger partial charge in [0.15, 0.2) is 5.96 Å². The summed E-state index contributed by atoms with van der Waals surface area (Å²) in [5, 5.41) is 6.44. The van der Waals surface area contributed by atoms with Crippen LogP contribution >= 0.6 is 0 Å². The standard InChI is InChI=1S/C20H34FN5O2S/c1-5-26(6-2)29(27,28)13-11-23-20(22-4)24-17-8-7-12-25(15-17)19-14-16(3)9-10-18(19)21/h9-10,14,17H,5-8,11-13,15H2,1-4H3,(H2,22,23,24). The van der Waals surface area contributed by atoms with Crippen molar-refractivity contribution in [2.75, 3.05) is 50.4 Å². The molecule has 0 bridgehead atoms. The van der Waals surface area contributed by atoms with E-state index in [0.29, 0.717) is 31.3 Å². The summed E-state index contributed by atoms with van der Waals surface area (Å²) in [5.74, 6) is 0.373. The molecule has 0 amide bonds. The number of halogens is 1. The first-order valence-corrected chi connectivity index (χ1v) is 11.9. The number of sulfonamides is 1. The SMILES string of the molecule is CCN(CC)S(=O)(=O)CCNC(=NC)NC1CCCN(c2cc(C)ccc2F)C1. The maximum atomic E-state index is 14.3. The van der Waals surface area contributed by atoms with Gasteiger partial charge >= 0.3 is 0 Å². The van der Waals surface area contributed by atoms with Gasteiger partial charge in [-0.2, -0.15) is 0 Å². The predicted octanol–water partition coefficient (Wildman–Crippen LogP) is 1.94. The Labute approximate surface area is 174 Å². The maximum absolute atomic E-state index is 14.3. The quantitative estimate of drug-likeness (QED) is 0.490. The van der Waals surface area contributed by atoms with Crippen LogP contribution in [0.2, 0.25) is 0 Å². The van der Waals surface area contributed by atoms with Crippen LogP contribution in [0, 0.1) is 12.7 Å². The highest BCUT2D eigenvalue weighted by molar-refractivity contribution is 7.89. The van der Waals surface area contributed by atoms with Gasteiger partial charge in [-0.25, -0.2) is 17.1 Å². The summed E-state index contributed by atoms with van der Waals surface area (Å²) >= 11 is 0. The zero-order valence-corrected chi connectivity index (χ0v) is 18.7. The largest absolute Gasteiger partial charge is 0.367 e. The van der Waals surface area contributed by atoms with Crippen LogP contribution in [0.1, 0.15) is 32.3 Å². The molecule has 1 unspecified atom stereocenters. The van der Waals surface area contributed by atoms with E-state index in [4.69, 9.17) is 0 Å². The van der Waals surface area contributed by atoms with Gasteiger partial charge in [-0.15, -0.1) is 0 Å². The van der Waals surface area contributed by atoms with E-state index in [9.17, 15) is 12.8 Å². The van der Waals surface area contributed by atoms with Crippen molar-refractivity contribution in [2.24, 2.45) is 4.99 Å². The number of hydrogen-bond acceptors (Lipinski definition) is 4. The Balaban J connectivity index is 1.91. The fourth-order valence-electron chi connectivity index (χ4n) is 3.61. The lowest BCUT2D eigenvalue weighted by Gasteiger charge is -2.35. The second-order valence-electron chi connectivity index (χ2n) is 7.28. The number of piperidine rings is 1. The highest BCUT2D eigenvalue weighted by Crippen LogP contribution is 2.24. The summed E-state index contributed by atoms with van der Waals surface area (Å²) in [4.78, 5) is 6.27. The van der Waals surface area contributed by atoms with Crippen LogP contribution in [0.3, 0.4) is 0 Å². The number of anilines is 1. The molecule has 0 aliphatic carbocycles. The van der Waals surface area contributed by atoms with E-state index in [1.54, 1.807) is 13.1 Å². The third-order valence-corrected chi connectivity index (χ3v) is 7.20. The van der Waals surface area contributed by atoms with Crippen LogP contribution in [0.15, 0.2) is 23.2 Å². The third kappa shape index (κ3) is 6.57. The van der Waals surface area contributed by atoms with Gasteiger partial charge < -0.3 is 15.5 Å². The fraction of sp³-hybridized carbons (Fsp3) is 0.650. The lowest BCUT2D eigenvalue weighted by Crippen LogP contribution is -2.52. The number of benzene rings is 1. The molecule has 7 nitrogen and oxygen atoms in total. The molecule has 1 aliphatic heterocycles. The van der Waals surface area contributed by atoms with Crippen molar-refractivity contribution in [3.8, 4) is 0 Å². The minimum absolute atomic E-state index is 0.0146. The third-order valence-electron chi connectivity index (χ3n) is 5.18. The molecular weight excluding hydrogens is 393 g/mol. The van der Waals surface area contributed by atoms with E-state index in [0.717, 1.165) is 24.9 Å². The summed E-state index contributed by atoms with van der Waals surface area (Å²) in [5.41, 5.74) is 1.66. The van der Waals surface area contributed by atoms with Crippen molar-refractivity contribution in [1.29, 1.82) is 0 Å². The molecule has 2 N–H and O–H groups in total. The van der Waals surface area contributed by atoms with Crippen molar-refractivity contribution in [2.45, 2.75) is 39.7 Å². The van der Waals surface area contributed by atoms with Crippen molar-refractivity contribution in [1.82, 2.24) is 14.9 Å². The maximum Gasteiger partial charge on any atom is 0.215 e. The van der Waals surface area contributed by atoms with Crippen LogP contribution < -0.4 is 15.5 Å². The molecule has 0 aromatic heterocycles. The number of rotatable bonds is 8. The number of nitrogens with one attached hydrogen (secondary N) is 2. The topological polar surface area (TPSA) is 77.0 Å². The summed E-state index contributed by atoms with van der Waals surface area (Å²) in [7, 11) is -1.61. The van der Waals surface area contributed by atoms with Crippen LogP contribution in [-0.2, 0) is 10.0 Å². The minimum Gasteiger partial charge on any atom is -0.367 e. The van der Waals surface area contributed by atoms with Gasteiger partial charge in [0.05, 0.1) is 11.4 Å². The summed E-state index contributed by atoms with van der Waals surface area (Å²) in [6, 6.07) is 5.27. The van der Waals surface area contributed by atoms with Gasteiger partial charge in [0.1, 0.15) is 5.82 Å². The highest BCUT2D eigenvalue weighted by atomic mass is 32.2. The Morgan fingerprint density at radius 3 is 2.72 bits per heavy atom. The minimum atomic E-state index is -3.27. The molecule has 1 aromatic carbocycles. The van der Waals surface area contributed by atoms with Crippen LogP contribution in [0.5, 0.6) is 0 Å².